The molecular formula is C11H23NOS. The summed E-state index contributed by atoms with van der Waals surface area (Å²) in [6.07, 6.45) is 7.03. The molecule has 3 heteroatoms. The molecule has 0 amide bonds. The molecule has 1 unspecified atom stereocenters. The summed E-state index contributed by atoms with van der Waals surface area (Å²) >= 11 is 0. The van der Waals surface area contributed by atoms with Gasteiger partial charge in [0.1, 0.15) is 0 Å². The zero-order valence-electron chi connectivity index (χ0n) is 9.26. The first-order valence-electron chi connectivity index (χ1n) is 5.88. The lowest BCUT2D eigenvalue weighted by Gasteiger charge is -2.21. The molecule has 1 aliphatic carbocycles. The average molecular weight is 217 g/mol. The molecule has 1 saturated carbocycles. The molecular weight excluding hydrogens is 194 g/mol. The molecule has 84 valence electrons. The predicted octanol–water partition coefficient (Wildman–Crippen LogP) is 1.92. The summed E-state index contributed by atoms with van der Waals surface area (Å²) in [6.45, 7) is 4.05. The SMILES string of the molecule is CCS(=O)CCNCC1CCCCC1. The Bertz CT molecular complexity index is 167. The highest BCUT2D eigenvalue weighted by Gasteiger charge is 2.12. The van der Waals surface area contributed by atoms with Crippen LogP contribution in [0.25, 0.3) is 0 Å². The number of rotatable bonds is 6. The molecule has 0 aromatic carbocycles. The normalized spacial score (nSPS) is 20.9. The first kappa shape index (κ1) is 12.2. The first-order valence-corrected chi connectivity index (χ1v) is 7.37. The number of hydrogen-bond donors (Lipinski definition) is 1. The van der Waals surface area contributed by atoms with Crippen LogP contribution in [0.5, 0.6) is 0 Å². The molecule has 0 aromatic rings. The van der Waals surface area contributed by atoms with Crippen LogP contribution >= 0.6 is 0 Å². The highest BCUT2D eigenvalue weighted by molar-refractivity contribution is 7.84. The summed E-state index contributed by atoms with van der Waals surface area (Å²) in [4.78, 5) is 0. The summed E-state index contributed by atoms with van der Waals surface area (Å²) in [5.41, 5.74) is 0. The van der Waals surface area contributed by atoms with E-state index in [0.717, 1.165) is 30.5 Å². The second kappa shape index (κ2) is 7.41. The molecule has 0 spiro atoms. The van der Waals surface area contributed by atoms with Gasteiger partial charge in [-0.25, -0.2) is 0 Å². The third-order valence-electron chi connectivity index (χ3n) is 2.99. The largest absolute Gasteiger partial charge is 0.316 e. The molecule has 0 aliphatic heterocycles. The average Bonchev–Trinajstić information content (AvgIpc) is 2.25. The van der Waals surface area contributed by atoms with Crippen molar-refractivity contribution in [1.82, 2.24) is 5.32 Å². The lowest BCUT2D eigenvalue weighted by molar-refractivity contribution is 0.345. The minimum Gasteiger partial charge on any atom is -0.316 e. The summed E-state index contributed by atoms with van der Waals surface area (Å²) in [5, 5.41) is 3.43. The summed E-state index contributed by atoms with van der Waals surface area (Å²) in [6, 6.07) is 0. The van der Waals surface area contributed by atoms with Gasteiger partial charge >= 0.3 is 0 Å². The van der Waals surface area contributed by atoms with Crippen LogP contribution in [0.3, 0.4) is 0 Å². The van der Waals surface area contributed by atoms with Crippen molar-refractivity contribution in [2.45, 2.75) is 39.0 Å². The maximum atomic E-state index is 11.1. The van der Waals surface area contributed by atoms with Crippen LogP contribution < -0.4 is 5.32 Å². The fraction of sp³-hybridized carbons (Fsp3) is 1.00. The standard InChI is InChI=1S/C11H23NOS/c1-2-14(13)9-8-12-10-11-6-4-3-5-7-11/h11-12H,2-10H2,1H3. The van der Waals surface area contributed by atoms with Gasteiger partial charge in [-0.05, 0) is 25.3 Å². The Morgan fingerprint density at radius 2 is 2.00 bits per heavy atom. The maximum Gasteiger partial charge on any atom is 0.0359 e. The van der Waals surface area contributed by atoms with Gasteiger partial charge < -0.3 is 5.32 Å². The molecule has 2 nitrogen and oxygen atoms in total. The monoisotopic (exact) mass is 217 g/mol. The molecule has 0 aromatic heterocycles. The van der Waals surface area contributed by atoms with Crippen LogP contribution in [0.1, 0.15) is 39.0 Å². The van der Waals surface area contributed by atoms with Gasteiger partial charge in [-0.3, -0.25) is 4.21 Å². The quantitative estimate of drug-likeness (QED) is 0.689. The third kappa shape index (κ3) is 5.11. The minimum atomic E-state index is -0.596. The first-order chi connectivity index (χ1) is 6.83. The lowest BCUT2D eigenvalue weighted by atomic mass is 9.89. The lowest BCUT2D eigenvalue weighted by Crippen LogP contribution is -2.28. The van der Waals surface area contributed by atoms with Gasteiger partial charge in [0.15, 0.2) is 0 Å². The smallest absolute Gasteiger partial charge is 0.0359 e. The van der Waals surface area contributed by atoms with E-state index in [-0.39, 0.29) is 0 Å². The van der Waals surface area contributed by atoms with E-state index >= 15 is 0 Å². The molecule has 1 atom stereocenters. The Kier molecular flexibility index (Phi) is 6.45. The van der Waals surface area contributed by atoms with Crippen molar-refractivity contribution in [2.24, 2.45) is 5.92 Å². The van der Waals surface area contributed by atoms with E-state index in [1.807, 2.05) is 6.92 Å². The Balaban J connectivity index is 1.94. The third-order valence-corrected chi connectivity index (χ3v) is 4.29. The van der Waals surface area contributed by atoms with Crippen LogP contribution in [0.15, 0.2) is 0 Å². The Hall–Kier alpha value is 0.110. The molecule has 1 fully saturated rings. The topological polar surface area (TPSA) is 29.1 Å². The highest BCUT2D eigenvalue weighted by Crippen LogP contribution is 2.22. The zero-order valence-corrected chi connectivity index (χ0v) is 10.1. The Labute approximate surface area is 90.3 Å². The molecule has 0 bridgehead atoms. The van der Waals surface area contributed by atoms with Crippen LogP contribution in [0.4, 0.5) is 0 Å². The highest BCUT2D eigenvalue weighted by atomic mass is 32.2. The van der Waals surface area contributed by atoms with Gasteiger partial charge in [0.2, 0.25) is 0 Å². The Morgan fingerprint density at radius 1 is 1.29 bits per heavy atom. The van der Waals surface area contributed by atoms with Crippen molar-refractivity contribution in [2.75, 3.05) is 24.6 Å². The van der Waals surface area contributed by atoms with Gasteiger partial charge in [0.05, 0.1) is 0 Å². The molecule has 0 heterocycles. The fourth-order valence-electron chi connectivity index (χ4n) is 2.03. The predicted molar refractivity (Wildman–Crippen MR) is 63.0 cm³/mol. The van der Waals surface area contributed by atoms with Crippen molar-refractivity contribution in [3.8, 4) is 0 Å². The fourth-order valence-corrected chi connectivity index (χ4v) is 2.69. The van der Waals surface area contributed by atoms with Gasteiger partial charge in [0.25, 0.3) is 0 Å². The molecule has 14 heavy (non-hydrogen) atoms. The van der Waals surface area contributed by atoms with E-state index in [1.165, 1.54) is 32.1 Å². The van der Waals surface area contributed by atoms with Crippen molar-refractivity contribution >= 4 is 10.8 Å². The van der Waals surface area contributed by atoms with Crippen molar-refractivity contribution < 1.29 is 4.21 Å². The summed E-state index contributed by atoms with van der Waals surface area (Å²) < 4.78 is 11.1. The van der Waals surface area contributed by atoms with Crippen LogP contribution in [-0.2, 0) is 10.8 Å². The van der Waals surface area contributed by atoms with E-state index in [0.29, 0.717) is 0 Å². The maximum absolute atomic E-state index is 11.1. The van der Waals surface area contributed by atoms with E-state index in [2.05, 4.69) is 5.32 Å². The van der Waals surface area contributed by atoms with E-state index in [9.17, 15) is 4.21 Å². The summed E-state index contributed by atoms with van der Waals surface area (Å²) in [7, 11) is -0.596. The molecule has 0 radical (unpaired) electrons. The van der Waals surface area contributed by atoms with Crippen molar-refractivity contribution in [1.29, 1.82) is 0 Å². The van der Waals surface area contributed by atoms with E-state index in [1.54, 1.807) is 0 Å². The van der Waals surface area contributed by atoms with E-state index in [4.69, 9.17) is 0 Å². The van der Waals surface area contributed by atoms with E-state index < -0.39 is 10.8 Å². The number of nitrogens with one attached hydrogen (secondary N) is 1. The van der Waals surface area contributed by atoms with Crippen LogP contribution in [-0.4, -0.2) is 28.8 Å². The van der Waals surface area contributed by atoms with Crippen LogP contribution in [0.2, 0.25) is 0 Å². The van der Waals surface area contributed by atoms with Gasteiger partial charge in [-0.2, -0.15) is 0 Å². The molecule has 1 N–H and O–H groups in total. The minimum absolute atomic E-state index is 0.596. The van der Waals surface area contributed by atoms with Crippen LogP contribution in [0, 0.1) is 5.92 Å². The van der Waals surface area contributed by atoms with Gasteiger partial charge in [-0.15, -0.1) is 0 Å². The van der Waals surface area contributed by atoms with Crippen molar-refractivity contribution in [3.63, 3.8) is 0 Å². The molecule has 1 rings (SSSR count). The summed E-state index contributed by atoms with van der Waals surface area (Å²) in [5.74, 6) is 2.51. The zero-order chi connectivity index (χ0) is 10.2. The van der Waals surface area contributed by atoms with Crippen molar-refractivity contribution in [3.05, 3.63) is 0 Å². The molecule has 0 saturated heterocycles. The second-order valence-electron chi connectivity index (χ2n) is 4.14. The number of hydrogen-bond acceptors (Lipinski definition) is 2. The molecule has 1 aliphatic rings. The van der Waals surface area contributed by atoms with Gasteiger partial charge in [-0.1, -0.05) is 26.2 Å². The second-order valence-corrected chi connectivity index (χ2v) is 6.01. The Morgan fingerprint density at radius 3 is 2.64 bits per heavy atom. The van der Waals surface area contributed by atoms with Gasteiger partial charge in [0, 0.05) is 28.9 Å².